The van der Waals surface area contributed by atoms with E-state index in [4.69, 9.17) is 4.18 Å². The van der Waals surface area contributed by atoms with E-state index in [9.17, 15) is 30.0 Å². The van der Waals surface area contributed by atoms with Gasteiger partial charge < -0.3 is 4.18 Å². The molecule has 0 saturated carbocycles. The van der Waals surface area contributed by atoms with Crippen molar-refractivity contribution in [2.75, 3.05) is 6.26 Å². The first kappa shape index (κ1) is 27.3. The molecule has 0 aliphatic heterocycles. The van der Waals surface area contributed by atoms with Gasteiger partial charge in [0.15, 0.2) is 9.84 Å². The molecule has 1 heterocycles. The second-order valence-electron chi connectivity index (χ2n) is 8.75. The van der Waals surface area contributed by atoms with Gasteiger partial charge in [0, 0.05) is 17.2 Å². The van der Waals surface area contributed by atoms with Gasteiger partial charge in [-0.2, -0.15) is 26.6 Å². The van der Waals surface area contributed by atoms with E-state index in [0.29, 0.717) is 10.8 Å². The van der Waals surface area contributed by atoms with Crippen molar-refractivity contribution in [2.24, 2.45) is 0 Å². The first-order valence-electron chi connectivity index (χ1n) is 11.6. The van der Waals surface area contributed by atoms with E-state index in [1.165, 1.54) is 48.5 Å². The van der Waals surface area contributed by atoms with Crippen LogP contribution in [0.5, 0.6) is 5.88 Å². The Morgan fingerprint density at radius 2 is 1.32 bits per heavy atom. The number of halogens is 3. The van der Waals surface area contributed by atoms with Crippen LogP contribution in [0.1, 0.15) is 5.82 Å². The first-order valence-corrected chi connectivity index (χ1v) is 14.9. The number of hydrogen-bond donors (Lipinski definition) is 0. The smallest absolute Gasteiger partial charge is 0.357 e. The SMILES string of the molecule is CS(=O)(=O)c1ccc(-c2nc(C(F)(F)F)nc(OS(=O)(=O)c3cccc4ccccc34)c2-c2ccccc2)cc1. The largest absolute Gasteiger partial charge is 0.451 e. The molecule has 0 unspecified atom stereocenters. The van der Waals surface area contributed by atoms with Gasteiger partial charge in [0.25, 0.3) is 0 Å². The fourth-order valence-corrected chi connectivity index (χ4v) is 5.87. The molecule has 12 heteroatoms. The van der Waals surface area contributed by atoms with Crippen LogP contribution in [0, 0.1) is 0 Å². The number of benzene rings is 4. The van der Waals surface area contributed by atoms with Gasteiger partial charge in [-0.1, -0.05) is 78.9 Å². The molecule has 0 saturated heterocycles. The summed E-state index contributed by atoms with van der Waals surface area (Å²) in [7, 11) is -8.29. The lowest BCUT2D eigenvalue weighted by Gasteiger charge is -2.17. The molecule has 0 aliphatic carbocycles. The van der Waals surface area contributed by atoms with Gasteiger partial charge in [-0.15, -0.1) is 0 Å². The summed E-state index contributed by atoms with van der Waals surface area (Å²) in [6, 6.07) is 24.0. The van der Waals surface area contributed by atoms with Crippen molar-refractivity contribution in [3.8, 4) is 28.3 Å². The maximum atomic E-state index is 14.0. The molecule has 0 aliphatic rings. The van der Waals surface area contributed by atoms with Crippen LogP contribution < -0.4 is 4.18 Å². The van der Waals surface area contributed by atoms with Gasteiger partial charge in [0.05, 0.1) is 16.2 Å². The van der Waals surface area contributed by atoms with E-state index < -0.39 is 37.8 Å². The fraction of sp³-hybridized carbons (Fsp3) is 0.0714. The molecule has 5 rings (SSSR count). The first-order chi connectivity index (χ1) is 18.8. The highest BCUT2D eigenvalue weighted by Gasteiger charge is 2.38. The van der Waals surface area contributed by atoms with E-state index >= 15 is 0 Å². The average Bonchev–Trinajstić information content (AvgIpc) is 2.91. The molecule has 0 spiro atoms. The molecular weight excluding hydrogens is 565 g/mol. The standard InChI is InChI=1S/C28H19F3N2O5S2/c1-39(34,35)21-16-14-20(15-17-21)25-24(19-9-3-2-4-10-19)26(33-27(32-25)28(29,30)31)38-40(36,37)23-13-7-11-18-8-5-6-12-22(18)23/h2-17H,1H3. The Kier molecular flexibility index (Phi) is 6.84. The summed E-state index contributed by atoms with van der Waals surface area (Å²) in [5.41, 5.74) is -0.0469. The summed E-state index contributed by atoms with van der Waals surface area (Å²) < 4.78 is 98.2. The highest BCUT2D eigenvalue weighted by molar-refractivity contribution is 7.90. The van der Waals surface area contributed by atoms with E-state index in [1.54, 1.807) is 48.5 Å². The zero-order chi connectivity index (χ0) is 28.7. The van der Waals surface area contributed by atoms with E-state index in [2.05, 4.69) is 9.97 Å². The summed E-state index contributed by atoms with van der Waals surface area (Å²) in [6.07, 6.45) is -4.06. The van der Waals surface area contributed by atoms with Gasteiger partial charge in [0.2, 0.25) is 11.7 Å². The summed E-state index contributed by atoms with van der Waals surface area (Å²) in [6.45, 7) is 0. The van der Waals surface area contributed by atoms with Crippen LogP contribution in [0.15, 0.2) is 107 Å². The lowest BCUT2D eigenvalue weighted by atomic mass is 10.00. The van der Waals surface area contributed by atoms with Gasteiger partial charge >= 0.3 is 16.3 Å². The van der Waals surface area contributed by atoms with Gasteiger partial charge in [0.1, 0.15) is 4.90 Å². The zero-order valence-corrected chi connectivity index (χ0v) is 22.3. The third-order valence-corrected chi connectivity index (χ3v) is 8.36. The van der Waals surface area contributed by atoms with Crippen LogP contribution in [0.3, 0.4) is 0 Å². The van der Waals surface area contributed by atoms with Crippen LogP contribution >= 0.6 is 0 Å². The summed E-state index contributed by atoms with van der Waals surface area (Å²) >= 11 is 0. The Bertz CT molecular complexity index is 1940. The molecular formula is C28H19F3N2O5S2. The number of sulfone groups is 1. The molecule has 0 atom stereocenters. The average molecular weight is 585 g/mol. The molecule has 0 fully saturated rings. The number of fused-ring (bicyclic) bond motifs is 1. The van der Waals surface area contributed by atoms with Crippen molar-refractivity contribution in [3.05, 3.63) is 103 Å². The van der Waals surface area contributed by atoms with Crippen molar-refractivity contribution in [1.29, 1.82) is 0 Å². The molecule has 1 aromatic heterocycles. The van der Waals surface area contributed by atoms with Crippen molar-refractivity contribution >= 4 is 30.7 Å². The summed E-state index contributed by atoms with van der Waals surface area (Å²) in [5, 5.41) is 0.897. The highest BCUT2D eigenvalue weighted by atomic mass is 32.2. The molecule has 7 nitrogen and oxygen atoms in total. The Labute approximate surface area is 228 Å². The van der Waals surface area contributed by atoms with Crippen LogP contribution in [-0.4, -0.2) is 33.1 Å². The van der Waals surface area contributed by atoms with Crippen molar-refractivity contribution in [3.63, 3.8) is 0 Å². The van der Waals surface area contributed by atoms with Crippen molar-refractivity contribution in [2.45, 2.75) is 16.0 Å². The maximum absolute atomic E-state index is 14.0. The number of aromatic nitrogens is 2. The summed E-state index contributed by atoms with van der Waals surface area (Å²) in [5.74, 6) is -2.46. The third kappa shape index (κ3) is 5.40. The van der Waals surface area contributed by atoms with Crippen LogP contribution in [-0.2, 0) is 26.1 Å². The molecule has 0 radical (unpaired) electrons. The lowest BCUT2D eigenvalue weighted by Crippen LogP contribution is -2.17. The Morgan fingerprint density at radius 1 is 0.700 bits per heavy atom. The predicted octanol–water partition coefficient (Wildman–Crippen LogP) is 6.15. The molecule has 204 valence electrons. The predicted molar refractivity (Wildman–Crippen MR) is 143 cm³/mol. The molecule has 0 N–H and O–H groups in total. The van der Waals surface area contributed by atoms with Crippen LogP contribution in [0.4, 0.5) is 13.2 Å². The summed E-state index contributed by atoms with van der Waals surface area (Å²) in [4.78, 5) is 6.94. The quantitative estimate of drug-likeness (QED) is 0.221. The monoisotopic (exact) mass is 584 g/mol. The van der Waals surface area contributed by atoms with Crippen molar-refractivity contribution in [1.82, 2.24) is 9.97 Å². The minimum absolute atomic E-state index is 0.0578. The number of hydrogen-bond acceptors (Lipinski definition) is 7. The lowest BCUT2D eigenvalue weighted by molar-refractivity contribution is -0.145. The molecule has 4 aromatic carbocycles. The Balaban J connectivity index is 1.78. The normalized spacial score (nSPS) is 12.4. The fourth-order valence-electron chi connectivity index (χ4n) is 4.12. The number of alkyl halides is 3. The van der Waals surface area contributed by atoms with Gasteiger partial charge in [-0.25, -0.2) is 13.4 Å². The Hall–Kier alpha value is -4.29. The van der Waals surface area contributed by atoms with Crippen molar-refractivity contribution < 1.29 is 34.2 Å². The molecule has 0 bridgehead atoms. The second-order valence-corrected chi connectivity index (χ2v) is 12.3. The van der Waals surface area contributed by atoms with Gasteiger partial charge in [-0.05, 0) is 29.1 Å². The Morgan fingerprint density at radius 3 is 1.98 bits per heavy atom. The third-order valence-electron chi connectivity index (χ3n) is 5.96. The van der Waals surface area contributed by atoms with Crippen LogP contribution in [0.25, 0.3) is 33.2 Å². The molecule has 5 aromatic rings. The van der Waals surface area contributed by atoms with Gasteiger partial charge in [-0.3, -0.25) is 0 Å². The topological polar surface area (TPSA) is 103 Å². The molecule has 0 amide bonds. The van der Waals surface area contributed by atoms with E-state index in [0.717, 1.165) is 6.26 Å². The second kappa shape index (κ2) is 10.0. The maximum Gasteiger partial charge on any atom is 0.451 e. The van der Waals surface area contributed by atoms with Crippen LogP contribution in [0.2, 0.25) is 0 Å². The van der Waals surface area contributed by atoms with E-state index in [1.807, 2.05) is 0 Å². The zero-order valence-electron chi connectivity index (χ0n) is 20.6. The number of nitrogens with zero attached hydrogens (tertiary/aromatic N) is 2. The minimum Gasteiger partial charge on any atom is -0.357 e. The van der Waals surface area contributed by atoms with E-state index in [-0.39, 0.29) is 32.2 Å². The highest BCUT2D eigenvalue weighted by Crippen LogP contribution is 2.41. The number of rotatable bonds is 6. The minimum atomic E-state index is -5.06. The molecule has 40 heavy (non-hydrogen) atoms.